The van der Waals surface area contributed by atoms with Crippen LogP contribution in [-0.4, -0.2) is 44.9 Å². The number of nitrogens with zero attached hydrogens (tertiary/aromatic N) is 3. The number of esters is 2. The van der Waals surface area contributed by atoms with Crippen LogP contribution in [0.2, 0.25) is 0 Å². The lowest BCUT2D eigenvalue weighted by Crippen LogP contribution is -2.47. The molecule has 10 nitrogen and oxygen atoms in total. The number of carbonyl (C=O) groups excluding carboxylic acids is 3. The molecule has 1 aliphatic heterocycles. The van der Waals surface area contributed by atoms with Gasteiger partial charge < -0.3 is 25.8 Å². The summed E-state index contributed by atoms with van der Waals surface area (Å²) in [4.78, 5) is 49.7. The maximum atomic E-state index is 14.6. The van der Waals surface area contributed by atoms with E-state index in [0.29, 0.717) is 29.6 Å². The number of hydrogen-bond donors (Lipinski definition) is 2. The van der Waals surface area contributed by atoms with E-state index in [0.717, 1.165) is 23.3 Å². The van der Waals surface area contributed by atoms with Crippen LogP contribution in [0, 0.1) is 17.0 Å². The second-order valence-corrected chi connectivity index (χ2v) is 12.1. The Morgan fingerprint density at radius 2 is 1.56 bits per heavy atom. The predicted octanol–water partition coefficient (Wildman–Crippen LogP) is 4.66. The van der Waals surface area contributed by atoms with Crippen molar-refractivity contribution in [3.8, 4) is 11.1 Å². The van der Waals surface area contributed by atoms with Crippen molar-refractivity contribution in [2.45, 2.75) is 53.0 Å². The molecule has 1 unspecified atom stereocenters. The summed E-state index contributed by atoms with van der Waals surface area (Å²) in [6.45, 7) is 6.10. The molecule has 2 heterocycles. The topological polar surface area (TPSA) is 151 Å². The van der Waals surface area contributed by atoms with Crippen LogP contribution in [0.25, 0.3) is 22.0 Å². The molecule has 5 rings (SSSR count). The molecule has 0 spiro atoms. The number of nitrogens with two attached hydrogens (primary N) is 2. The Morgan fingerprint density at radius 1 is 0.911 bits per heavy atom. The van der Waals surface area contributed by atoms with Crippen LogP contribution in [0.15, 0.2) is 54.6 Å². The number of nitrogen functional groups attached to an aromatic ring is 1. The van der Waals surface area contributed by atoms with Crippen LogP contribution in [-0.2, 0) is 38.8 Å². The highest BCUT2D eigenvalue weighted by atomic mass is 19.2. The number of halogens is 2. The van der Waals surface area contributed by atoms with Gasteiger partial charge in [0, 0.05) is 30.6 Å². The van der Waals surface area contributed by atoms with Crippen molar-refractivity contribution in [2.24, 2.45) is 11.1 Å². The maximum absolute atomic E-state index is 14.6. The van der Waals surface area contributed by atoms with Gasteiger partial charge >= 0.3 is 11.9 Å². The molecule has 0 bridgehead atoms. The minimum Gasteiger partial charge on any atom is -0.460 e. The SMILES string of the molecule is CC(C)(C)OC(=O)C(C)(CN)C(=O)OCc1cc(F)c(F)cc1-c1ccc2nc(N)nc(C(=O)N3Cc4ccccc4C3)c2c1. The quantitative estimate of drug-likeness (QED) is 0.223. The first-order chi connectivity index (χ1) is 21.2. The maximum Gasteiger partial charge on any atom is 0.325 e. The Kier molecular flexibility index (Phi) is 8.28. The number of ether oxygens (including phenoxy) is 2. The predicted molar refractivity (Wildman–Crippen MR) is 162 cm³/mol. The van der Waals surface area contributed by atoms with Crippen molar-refractivity contribution in [2.75, 3.05) is 12.3 Å². The number of hydrogen-bond acceptors (Lipinski definition) is 9. The third-order valence-electron chi connectivity index (χ3n) is 7.57. The summed E-state index contributed by atoms with van der Waals surface area (Å²) in [7, 11) is 0. The van der Waals surface area contributed by atoms with Gasteiger partial charge in [-0.25, -0.2) is 18.7 Å². The molecule has 12 heteroatoms. The molecule has 1 aromatic heterocycles. The molecule has 45 heavy (non-hydrogen) atoms. The Balaban J connectivity index is 1.49. The van der Waals surface area contributed by atoms with Crippen LogP contribution in [0.5, 0.6) is 0 Å². The number of fused-ring (bicyclic) bond motifs is 2. The van der Waals surface area contributed by atoms with E-state index in [2.05, 4.69) is 9.97 Å². The zero-order valence-corrected chi connectivity index (χ0v) is 25.3. The number of amides is 1. The third-order valence-corrected chi connectivity index (χ3v) is 7.57. The first kappa shape index (κ1) is 31.5. The molecule has 0 saturated heterocycles. The second-order valence-electron chi connectivity index (χ2n) is 12.1. The number of aromatic nitrogens is 2. The summed E-state index contributed by atoms with van der Waals surface area (Å²) < 4.78 is 39.8. The van der Waals surface area contributed by atoms with Crippen molar-refractivity contribution in [3.63, 3.8) is 0 Å². The summed E-state index contributed by atoms with van der Waals surface area (Å²) in [6, 6.07) is 14.3. The average Bonchev–Trinajstić information content (AvgIpc) is 3.43. The lowest BCUT2D eigenvalue weighted by molar-refractivity contribution is -0.178. The standard InChI is InChI=1S/C33H33F2N5O5/c1-32(2,3)45-30(43)33(4,17-36)29(42)44-16-21-12-24(34)25(35)13-22(21)18-9-10-26-23(11-18)27(39-31(37)38-26)28(41)40-14-19-7-5-6-8-20(19)15-40/h5-13H,14-17,36H2,1-4H3,(H2,37,38,39). The smallest absolute Gasteiger partial charge is 0.325 e. The second kappa shape index (κ2) is 11.8. The van der Waals surface area contributed by atoms with Crippen LogP contribution in [0.4, 0.5) is 14.7 Å². The molecular weight excluding hydrogens is 584 g/mol. The van der Waals surface area contributed by atoms with Gasteiger partial charge in [-0.2, -0.15) is 0 Å². The zero-order chi connectivity index (χ0) is 32.7. The highest BCUT2D eigenvalue weighted by molar-refractivity contribution is 6.06. The van der Waals surface area contributed by atoms with E-state index in [-0.39, 0.29) is 28.7 Å². The number of benzene rings is 3. The van der Waals surface area contributed by atoms with E-state index < -0.39 is 47.7 Å². The van der Waals surface area contributed by atoms with E-state index in [1.807, 2.05) is 24.3 Å². The third kappa shape index (κ3) is 6.32. The molecule has 0 aliphatic carbocycles. The van der Waals surface area contributed by atoms with Crippen molar-refractivity contribution < 1.29 is 32.6 Å². The molecular formula is C33H33F2N5O5. The molecule has 3 aromatic carbocycles. The van der Waals surface area contributed by atoms with Crippen LogP contribution in [0.1, 0.15) is 54.9 Å². The van der Waals surface area contributed by atoms with Gasteiger partial charge in [-0.3, -0.25) is 14.4 Å². The van der Waals surface area contributed by atoms with E-state index in [1.54, 1.807) is 43.9 Å². The molecule has 4 aromatic rings. The Bertz CT molecular complexity index is 1820. The molecule has 234 valence electrons. The lowest BCUT2D eigenvalue weighted by Gasteiger charge is -2.28. The normalized spacial score (nSPS) is 14.2. The Morgan fingerprint density at radius 3 is 2.18 bits per heavy atom. The molecule has 0 saturated carbocycles. The first-order valence-electron chi connectivity index (χ1n) is 14.2. The Hall–Kier alpha value is -4.97. The van der Waals surface area contributed by atoms with E-state index in [1.165, 1.54) is 6.92 Å². The molecule has 1 amide bonds. The van der Waals surface area contributed by atoms with Gasteiger partial charge in [0.15, 0.2) is 17.0 Å². The highest BCUT2D eigenvalue weighted by Crippen LogP contribution is 2.33. The van der Waals surface area contributed by atoms with Crippen molar-refractivity contribution in [1.82, 2.24) is 14.9 Å². The van der Waals surface area contributed by atoms with E-state index >= 15 is 0 Å². The molecule has 0 fully saturated rings. The van der Waals surface area contributed by atoms with Crippen LogP contribution >= 0.6 is 0 Å². The van der Waals surface area contributed by atoms with Gasteiger partial charge in [0.2, 0.25) is 5.95 Å². The van der Waals surface area contributed by atoms with Gasteiger partial charge in [-0.15, -0.1) is 0 Å². The van der Waals surface area contributed by atoms with Crippen molar-refractivity contribution in [1.29, 1.82) is 0 Å². The molecule has 1 aliphatic rings. The number of anilines is 1. The average molecular weight is 618 g/mol. The highest BCUT2D eigenvalue weighted by Gasteiger charge is 2.45. The van der Waals surface area contributed by atoms with Gasteiger partial charge in [0.05, 0.1) is 5.52 Å². The largest absolute Gasteiger partial charge is 0.460 e. The Labute approximate surface area is 258 Å². The van der Waals surface area contributed by atoms with Gasteiger partial charge in [-0.05, 0) is 74.2 Å². The summed E-state index contributed by atoms with van der Waals surface area (Å²) in [5.74, 6) is -4.63. The van der Waals surface area contributed by atoms with Crippen LogP contribution in [0.3, 0.4) is 0 Å². The fourth-order valence-electron chi connectivity index (χ4n) is 5.02. The molecule has 1 atom stereocenters. The van der Waals surface area contributed by atoms with Gasteiger partial charge in [-0.1, -0.05) is 30.3 Å². The van der Waals surface area contributed by atoms with Crippen molar-refractivity contribution >= 4 is 34.7 Å². The van der Waals surface area contributed by atoms with E-state index in [9.17, 15) is 23.2 Å². The van der Waals surface area contributed by atoms with Gasteiger partial charge in [0.1, 0.15) is 17.9 Å². The number of rotatable bonds is 7. The lowest BCUT2D eigenvalue weighted by atomic mass is 9.90. The van der Waals surface area contributed by atoms with E-state index in [4.69, 9.17) is 20.9 Å². The van der Waals surface area contributed by atoms with Gasteiger partial charge in [0.25, 0.3) is 5.91 Å². The summed E-state index contributed by atoms with van der Waals surface area (Å²) >= 11 is 0. The minimum atomic E-state index is -1.84. The fourth-order valence-corrected chi connectivity index (χ4v) is 5.02. The van der Waals surface area contributed by atoms with Crippen LogP contribution < -0.4 is 11.5 Å². The summed E-state index contributed by atoms with van der Waals surface area (Å²) in [5, 5.41) is 0.343. The monoisotopic (exact) mass is 617 g/mol. The van der Waals surface area contributed by atoms with Crippen molar-refractivity contribution in [3.05, 3.63) is 88.6 Å². The first-order valence-corrected chi connectivity index (χ1v) is 14.2. The summed E-state index contributed by atoms with van der Waals surface area (Å²) in [6.07, 6.45) is 0. The summed E-state index contributed by atoms with van der Waals surface area (Å²) in [5.41, 5.74) is 12.1. The fraction of sp³-hybridized carbons (Fsp3) is 0.303. The number of carbonyl (C=O) groups is 3. The molecule has 4 N–H and O–H groups in total. The minimum absolute atomic E-state index is 0.0544. The molecule has 0 radical (unpaired) electrons. The zero-order valence-electron chi connectivity index (χ0n) is 25.3.